The lowest BCUT2D eigenvalue weighted by molar-refractivity contribution is -0.139. The van der Waals surface area contributed by atoms with Crippen molar-refractivity contribution in [3.63, 3.8) is 0 Å². The van der Waals surface area contributed by atoms with Gasteiger partial charge in [-0.05, 0) is 29.4 Å². The first kappa shape index (κ1) is 14.6. The van der Waals surface area contributed by atoms with Crippen LogP contribution >= 0.6 is 0 Å². The Labute approximate surface area is 119 Å². The molecule has 0 heterocycles. The molecule has 0 fully saturated rings. The number of carboxylic acids is 1. The Kier molecular flexibility index (Phi) is 4.12. The van der Waals surface area contributed by atoms with Gasteiger partial charge in [-0.15, -0.1) is 0 Å². The van der Waals surface area contributed by atoms with Crippen molar-refractivity contribution in [3.8, 4) is 0 Å². The molecule has 1 aliphatic carbocycles. The Morgan fingerprint density at radius 3 is 2.70 bits per heavy atom. The molecule has 1 aromatic carbocycles. The van der Waals surface area contributed by atoms with Gasteiger partial charge < -0.3 is 10.4 Å². The van der Waals surface area contributed by atoms with E-state index in [1.165, 1.54) is 11.1 Å². The third-order valence-electron chi connectivity index (χ3n) is 3.74. The van der Waals surface area contributed by atoms with Crippen LogP contribution in [0, 0.1) is 5.41 Å². The van der Waals surface area contributed by atoms with Crippen LogP contribution < -0.4 is 5.32 Å². The van der Waals surface area contributed by atoms with Crippen LogP contribution in [0.5, 0.6) is 0 Å². The summed E-state index contributed by atoms with van der Waals surface area (Å²) in [5.74, 6) is -0.938. The zero-order valence-electron chi connectivity index (χ0n) is 12.0. The molecule has 0 aromatic heterocycles. The highest BCUT2D eigenvalue weighted by Crippen LogP contribution is 2.31. The van der Waals surface area contributed by atoms with E-state index in [-0.39, 0.29) is 24.8 Å². The van der Waals surface area contributed by atoms with Gasteiger partial charge in [-0.25, -0.2) is 0 Å². The highest BCUT2D eigenvalue weighted by molar-refractivity contribution is 5.78. The molecule has 0 saturated heterocycles. The van der Waals surface area contributed by atoms with Crippen LogP contribution in [0.1, 0.15) is 50.3 Å². The fourth-order valence-corrected chi connectivity index (χ4v) is 2.86. The summed E-state index contributed by atoms with van der Waals surface area (Å²) >= 11 is 0. The van der Waals surface area contributed by atoms with E-state index in [9.17, 15) is 9.59 Å². The van der Waals surface area contributed by atoms with E-state index >= 15 is 0 Å². The fraction of sp³-hybridized carbons (Fsp3) is 0.500. The standard InChI is InChI=1S/C16H21NO3/c1-16(2,10-15(19)20)9-14(18)17-13-8-7-11-5-3-4-6-12(11)13/h3-6,13H,7-10H2,1-2H3,(H,17,18)(H,19,20). The first-order valence-electron chi connectivity index (χ1n) is 6.96. The van der Waals surface area contributed by atoms with Gasteiger partial charge in [0.15, 0.2) is 0 Å². The predicted octanol–water partition coefficient (Wildman–Crippen LogP) is 2.68. The van der Waals surface area contributed by atoms with Gasteiger partial charge in [-0.1, -0.05) is 38.1 Å². The number of aliphatic carboxylic acids is 1. The number of rotatable bonds is 5. The molecule has 0 saturated carbocycles. The Bertz CT molecular complexity index is 522. The van der Waals surface area contributed by atoms with Gasteiger partial charge in [0.2, 0.25) is 5.91 Å². The van der Waals surface area contributed by atoms with Crippen LogP contribution in [-0.2, 0) is 16.0 Å². The molecule has 1 unspecified atom stereocenters. The number of fused-ring (bicyclic) bond motifs is 1. The molecule has 0 spiro atoms. The van der Waals surface area contributed by atoms with E-state index in [0.717, 1.165) is 12.8 Å². The highest BCUT2D eigenvalue weighted by Gasteiger charge is 2.28. The lowest BCUT2D eigenvalue weighted by atomic mass is 9.85. The second kappa shape index (κ2) is 5.65. The first-order chi connectivity index (χ1) is 9.37. The summed E-state index contributed by atoms with van der Waals surface area (Å²) in [4.78, 5) is 22.9. The summed E-state index contributed by atoms with van der Waals surface area (Å²) in [6.45, 7) is 3.62. The molecule has 1 aromatic rings. The van der Waals surface area contributed by atoms with Gasteiger partial charge >= 0.3 is 5.97 Å². The number of hydrogen-bond donors (Lipinski definition) is 2. The van der Waals surface area contributed by atoms with Crippen molar-refractivity contribution >= 4 is 11.9 Å². The van der Waals surface area contributed by atoms with Crippen molar-refractivity contribution in [1.29, 1.82) is 0 Å². The maximum atomic E-state index is 12.1. The van der Waals surface area contributed by atoms with Crippen molar-refractivity contribution in [1.82, 2.24) is 5.32 Å². The van der Waals surface area contributed by atoms with Crippen molar-refractivity contribution in [2.45, 2.75) is 45.6 Å². The van der Waals surface area contributed by atoms with Crippen LogP contribution in [0.4, 0.5) is 0 Å². The van der Waals surface area contributed by atoms with Crippen molar-refractivity contribution < 1.29 is 14.7 Å². The van der Waals surface area contributed by atoms with E-state index in [2.05, 4.69) is 17.4 Å². The van der Waals surface area contributed by atoms with Crippen molar-refractivity contribution in [3.05, 3.63) is 35.4 Å². The summed E-state index contributed by atoms with van der Waals surface area (Å²) in [5, 5.41) is 11.9. The lowest BCUT2D eigenvalue weighted by Crippen LogP contribution is -2.32. The first-order valence-corrected chi connectivity index (χ1v) is 6.96. The van der Waals surface area contributed by atoms with E-state index in [1.807, 2.05) is 26.0 Å². The molecule has 1 aliphatic rings. The molecule has 2 rings (SSSR count). The SMILES string of the molecule is CC(C)(CC(=O)O)CC(=O)NC1CCc2ccccc21. The normalized spacial score (nSPS) is 17.6. The second-order valence-electron chi connectivity index (χ2n) is 6.27. The topological polar surface area (TPSA) is 66.4 Å². The molecular weight excluding hydrogens is 254 g/mol. The number of carboxylic acid groups (broad SMARTS) is 1. The summed E-state index contributed by atoms with van der Waals surface area (Å²) in [6, 6.07) is 8.21. The third kappa shape index (κ3) is 3.59. The minimum absolute atomic E-state index is 0.00166. The molecule has 4 heteroatoms. The number of nitrogens with one attached hydrogen (secondary N) is 1. The number of hydrogen-bond acceptors (Lipinski definition) is 2. The average Bonchev–Trinajstić information content (AvgIpc) is 2.70. The van der Waals surface area contributed by atoms with Gasteiger partial charge in [0, 0.05) is 6.42 Å². The van der Waals surface area contributed by atoms with E-state index in [1.54, 1.807) is 0 Å². The molecule has 0 radical (unpaired) electrons. The van der Waals surface area contributed by atoms with Crippen molar-refractivity contribution in [2.24, 2.45) is 5.41 Å². The van der Waals surface area contributed by atoms with E-state index in [4.69, 9.17) is 5.11 Å². The number of amides is 1. The van der Waals surface area contributed by atoms with Gasteiger partial charge in [-0.2, -0.15) is 0 Å². The number of benzene rings is 1. The number of aryl methyl sites for hydroxylation is 1. The molecular formula is C16H21NO3. The Balaban J connectivity index is 1.95. The quantitative estimate of drug-likeness (QED) is 0.868. The summed E-state index contributed by atoms with van der Waals surface area (Å²) < 4.78 is 0. The molecule has 1 atom stereocenters. The zero-order chi connectivity index (χ0) is 14.8. The number of carbonyl (C=O) groups is 2. The smallest absolute Gasteiger partial charge is 0.303 e. The van der Waals surface area contributed by atoms with Crippen LogP contribution in [0.15, 0.2) is 24.3 Å². The van der Waals surface area contributed by atoms with Gasteiger partial charge in [0.25, 0.3) is 0 Å². The molecule has 2 N–H and O–H groups in total. The van der Waals surface area contributed by atoms with Gasteiger partial charge in [-0.3, -0.25) is 9.59 Å². The monoisotopic (exact) mass is 275 g/mol. The van der Waals surface area contributed by atoms with Gasteiger partial charge in [0.1, 0.15) is 0 Å². The fourth-order valence-electron chi connectivity index (χ4n) is 2.86. The summed E-state index contributed by atoms with van der Waals surface area (Å²) in [6.07, 6.45) is 2.14. The zero-order valence-corrected chi connectivity index (χ0v) is 12.0. The summed E-state index contributed by atoms with van der Waals surface area (Å²) in [5.41, 5.74) is 1.97. The molecule has 0 aliphatic heterocycles. The van der Waals surface area contributed by atoms with Crippen LogP contribution in [0.25, 0.3) is 0 Å². The van der Waals surface area contributed by atoms with Crippen LogP contribution in [0.3, 0.4) is 0 Å². The van der Waals surface area contributed by atoms with E-state index in [0.29, 0.717) is 0 Å². The van der Waals surface area contributed by atoms with Crippen LogP contribution in [0.2, 0.25) is 0 Å². The Hall–Kier alpha value is -1.84. The highest BCUT2D eigenvalue weighted by atomic mass is 16.4. The van der Waals surface area contributed by atoms with Gasteiger partial charge in [0.05, 0.1) is 12.5 Å². The largest absolute Gasteiger partial charge is 0.481 e. The number of carbonyl (C=O) groups excluding carboxylic acids is 1. The van der Waals surface area contributed by atoms with E-state index < -0.39 is 11.4 Å². The van der Waals surface area contributed by atoms with Crippen LogP contribution in [-0.4, -0.2) is 17.0 Å². The Morgan fingerprint density at radius 2 is 2.00 bits per heavy atom. The second-order valence-corrected chi connectivity index (χ2v) is 6.27. The van der Waals surface area contributed by atoms with Crippen molar-refractivity contribution in [2.75, 3.05) is 0 Å². The minimum Gasteiger partial charge on any atom is -0.481 e. The Morgan fingerprint density at radius 1 is 1.30 bits per heavy atom. The minimum atomic E-state index is -0.867. The molecule has 1 amide bonds. The molecule has 0 bridgehead atoms. The lowest BCUT2D eigenvalue weighted by Gasteiger charge is -2.23. The molecule has 108 valence electrons. The maximum Gasteiger partial charge on any atom is 0.303 e. The summed E-state index contributed by atoms with van der Waals surface area (Å²) in [7, 11) is 0. The third-order valence-corrected chi connectivity index (χ3v) is 3.74. The maximum absolute atomic E-state index is 12.1. The predicted molar refractivity (Wildman–Crippen MR) is 76.3 cm³/mol. The molecule has 20 heavy (non-hydrogen) atoms. The average molecular weight is 275 g/mol. The molecule has 4 nitrogen and oxygen atoms in total.